The third-order valence-electron chi connectivity index (χ3n) is 4.36. The van der Waals surface area contributed by atoms with Gasteiger partial charge in [-0.15, -0.1) is 0 Å². The van der Waals surface area contributed by atoms with Gasteiger partial charge in [-0.3, -0.25) is 19.9 Å². The van der Waals surface area contributed by atoms with Crippen LogP contribution in [0.25, 0.3) is 22.0 Å². The molecule has 7 heteroatoms. The van der Waals surface area contributed by atoms with E-state index in [2.05, 4.69) is 15.2 Å². The Kier molecular flexibility index (Phi) is 4.25. The third kappa shape index (κ3) is 3.35. The van der Waals surface area contributed by atoms with E-state index in [1.807, 2.05) is 30.3 Å². The molecular weight excluding hydrogens is 344 g/mol. The summed E-state index contributed by atoms with van der Waals surface area (Å²) in [5.74, 6) is -0.0480. The molecule has 0 bridgehead atoms. The molecule has 3 aromatic rings. The molecule has 1 aliphatic heterocycles. The lowest BCUT2D eigenvalue weighted by molar-refractivity contribution is -0.384. The van der Waals surface area contributed by atoms with Crippen LogP contribution in [0.15, 0.2) is 64.9 Å². The SMILES string of the molecule is O=C1CC=NN=C1Cc1cc(-c2cccc([N+](=O)[O-])c2)c2ncccc2c1. The molecule has 4 rings (SSSR count). The number of carbonyl (C=O) groups is 1. The van der Waals surface area contributed by atoms with Crippen LogP contribution in [0.5, 0.6) is 0 Å². The van der Waals surface area contributed by atoms with Crippen molar-refractivity contribution in [1.29, 1.82) is 0 Å². The summed E-state index contributed by atoms with van der Waals surface area (Å²) in [5, 5.41) is 19.8. The van der Waals surface area contributed by atoms with Gasteiger partial charge >= 0.3 is 0 Å². The minimum atomic E-state index is -0.420. The van der Waals surface area contributed by atoms with Crippen molar-refractivity contribution in [1.82, 2.24) is 4.98 Å². The van der Waals surface area contributed by atoms with Crippen molar-refractivity contribution in [3.05, 3.63) is 70.4 Å². The number of rotatable bonds is 4. The zero-order valence-corrected chi connectivity index (χ0v) is 14.2. The predicted molar refractivity (Wildman–Crippen MR) is 103 cm³/mol. The lowest BCUT2D eigenvalue weighted by atomic mass is 9.95. The first-order valence-corrected chi connectivity index (χ1v) is 8.36. The average molecular weight is 358 g/mol. The number of pyridine rings is 1. The second-order valence-corrected chi connectivity index (χ2v) is 6.17. The van der Waals surface area contributed by atoms with Crippen molar-refractivity contribution >= 4 is 34.3 Å². The molecule has 2 heterocycles. The Labute approximate surface area is 154 Å². The van der Waals surface area contributed by atoms with Crippen LogP contribution < -0.4 is 0 Å². The van der Waals surface area contributed by atoms with Gasteiger partial charge in [0.1, 0.15) is 5.71 Å². The normalized spacial score (nSPS) is 13.6. The minimum absolute atomic E-state index is 0.0168. The molecule has 0 unspecified atom stereocenters. The fourth-order valence-corrected chi connectivity index (χ4v) is 3.10. The van der Waals surface area contributed by atoms with Crippen molar-refractivity contribution in [2.45, 2.75) is 12.8 Å². The number of nitro groups is 1. The van der Waals surface area contributed by atoms with E-state index < -0.39 is 4.92 Å². The smallest absolute Gasteiger partial charge is 0.270 e. The lowest BCUT2D eigenvalue weighted by Crippen LogP contribution is -2.19. The molecule has 132 valence electrons. The Morgan fingerprint density at radius 1 is 1.11 bits per heavy atom. The summed E-state index contributed by atoms with van der Waals surface area (Å²) in [6, 6.07) is 14.1. The number of hydrogen-bond acceptors (Lipinski definition) is 6. The monoisotopic (exact) mass is 358 g/mol. The van der Waals surface area contributed by atoms with Gasteiger partial charge in [0.05, 0.1) is 10.4 Å². The molecule has 0 atom stereocenters. The molecule has 2 aromatic carbocycles. The number of carbonyl (C=O) groups excluding carboxylic acids is 1. The fourth-order valence-electron chi connectivity index (χ4n) is 3.10. The molecule has 0 N–H and O–H groups in total. The van der Waals surface area contributed by atoms with Gasteiger partial charge < -0.3 is 0 Å². The second-order valence-electron chi connectivity index (χ2n) is 6.17. The summed E-state index contributed by atoms with van der Waals surface area (Å²) in [6.07, 6.45) is 3.78. The Bertz CT molecular complexity index is 1140. The highest BCUT2D eigenvalue weighted by Gasteiger charge is 2.17. The number of nitrogens with zero attached hydrogens (tertiary/aromatic N) is 4. The van der Waals surface area contributed by atoms with Crippen molar-refractivity contribution < 1.29 is 9.72 Å². The minimum Gasteiger partial charge on any atom is -0.292 e. The Morgan fingerprint density at radius 3 is 2.81 bits per heavy atom. The summed E-state index contributed by atoms with van der Waals surface area (Å²) >= 11 is 0. The number of non-ortho nitro benzene ring substituents is 1. The lowest BCUT2D eigenvalue weighted by Gasteiger charge is -2.11. The molecule has 0 fully saturated rings. The number of Topliss-reactive ketones (excluding diaryl/α,β-unsaturated/α-hetero) is 1. The van der Waals surface area contributed by atoms with Gasteiger partial charge in [0.2, 0.25) is 0 Å². The predicted octanol–water partition coefficient (Wildman–Crippen LogP) is 3.75. The van der Waals surface area contributed by atoms with Crippen LogP contribution in [0, 0.1) is 10.1 Å². The number of fused-ring (bicyclic) bond motifs is 1. The molecule has 0 saturated carbocycles. The van der Waals surface area contributed by atoms with Crippen LogP contribution in [-0.2, 0) is 11.2 Å². The summed E-state index contributed by atoms with van der Waals surface area (Å²) < 4.78 is 0. The first-order valence-electron chi connectivity index (χ1n) is 8.36. The fraction of sp³-hybridized carbons (Fsp3) is 0.100. The summed E-state index contributed by atoms with van der Waals surface area (Å²) in [7, 11) is 0. The maximum Gasteiger partial charge on any atom is 0.270 e. The van der Waals surface area contributed by atoms with Crippen LogP contribution in [0.1, 0.15) is 12.0 Å². The quantitative estimate of drug-likeness (QED) is 0.524. The van der Waals surface area contributed by atoms with Gasteiger partial charge in [-0.25, -0.2) is 0 Å². The zero-order valence-electron chi connectivity index (χ0n) is 14.2. The Hall–Kier alpha value is -3.74. The summed E-state index contributed by atoms with van der Waals surface area (Å²) in [5.41, 5.74) is 3.52. The van der Waals surface area contributed by atoms with E-state index in [0.29, 0.717) is 17.7 Å². The van der Waals surface area contributed by atoms with Crippen LogP contribution >= 0.6 is 0 Å². The van der Waals surface area contributed by atoms with Crippen molar-refractivity contribution in [3.8, 4) is 11.1 Å². The van der Waals surface area contributed by atoms with Gasteiger partial charge in [0, 0.05) is 48.3 Å². The highest BCUT2D eigenvalue weighted by Crippen LogP contribution is 2.31. The van der Waals surface area contributed by atoms with E-state index >= 15 is 0 Å². The molecule has 0 spiro atoms. The van der Waals surface area contributed by atoms with E-state index in [9.17, 15) is 14.9 Å². The van der Waals surface area contributed by atoms with Gasteiger partial charge in [-0.1, -0.05) is 18.2 Å². The van der Waals surface area contributed by atoms with Gasteiger partial charge in [-0.2, -0.15) is 10.2 Å². The van der Waals surface area contributed by atoms with Gasteiger partial charge in [0.25, 0.3) is 5.69 Å². The van der Waals surface area contributed by atoms with Crippen LogP contribution in [-0.4, -0.2) is 27.6 Å². The molecule has 7 nitrogen and oxygen atoms in total. The first-order chi connectivity index (χ1) is 13.1. The van der Waals surface area contributed by atoms with Crippen LogP contribution in [0.3, 0.4) is 0 Å². The number of ketones is 1. The molecular formula is C20H14N4O3. The van der Waals surface area contributed by atoms with Crippen molar-refractivity contribution in [3.63, 3.8) is 0 Å². The largest absolute Gasteiger partial charge is 0.292 e. The highest BCUT2D eigenvalue weighted by atomic mass is 16.6. The van der Waals surface area contributed by atoms with E-state index in [-0.39, 0.29) is 17.9 Å². The third-order valence-corrected chi connectivity index (χ3v) is 4.36. The average Bonchev–Trinajstić information content (AvgIpc) is 2.69. The van der Waals surface area contributed by atoms with Crippen LogP contribution in [0.2, 0.25) is 0 Å². The molecule has 0 saturated heterocycles. The molecule has 1 aromatic heterocycles. The van der Waals surface area contributed by atoms with E-state index in [1.54, 1.807) is 12.3 Å². The van der Waals surface area contributed by atoms with Crippen LogP contribution in [0.4, 0.5) is 5.69 Å². The van der Waals surface area contributed by atoms with E-state index in [0.717, 1.165) is 22.0 Å². The molecule has 0 aliphatic carbocycles. The maximum atomic E-state index is 12.0. The molecule has 1 aliphatic rings. The number of nitro benzene ring substituents is 1. The van der Waals surface area contributed by atoms with Crippen molar-refractivity contribution in [2.75, 3.05) is 0 Å². The Balaban J connectivity index is 1.85. The maximum absolute atomic E-state index is 12.0. The van der Waals surface area contributed by atoms with Gasteiger partial charge in [-0.05, 0) is 29.3 Å². The van der Waals surface area contributed by atoms with E-state index in [1.165, 1.54) is 18.3 Å². The second kappa shape index (κ2) is 6.87. The number of aromatic nitrogens is 1. The molecule has 0 amide bonds. The number of hydrogen-bond donors (Lipinski definition) is 0. The highest BCUT2D eigenvalue weighted by molar-refractivity contribution is 6.43. The standard InChI is InChI=1S/C20H14N4O3/c25-19-6-8-22-23-18(19)11-13-9-15-4-2-7-21-20(15)17(10-13)14-3-1-5-16(12-14)24(26)27/h1-5,7-10,12H,6,11H2. The first kappa shape index (κ1) is 16.7. The Morgan fingerprint density at radius 2 is 2.00 bits per heavy atom. The number of benzene rings is 2. The summed E-state index contributed by atoms with van der Waals surface area (Å²) in [6.45, 7) is 0. The molecule has 27 heavy (non-hydrogen) atoms. The summed E-state index contributed by atoms with van der Waals surface area (Å²) in [4.78, 5) is 27.2. The molecule has 0 radical (unpaired) electrons. The van der Waals surface area contributed by atoms with E-state index in [4.69, 9.17) is 0 Å². The topological polar surface area (TPSA) is 97.8 Å². The zero-order chi connectivity index (χ0) is 18.8. The van der Waals surface area contributed by atoms with Gasteiger partial charge in [0.15, 0.2) is 5.78 Å². The van der Waals surface area contributed by atoms with Crippen molar-refractivity contribution in [2.24, 2.45) is 10.2 Å².